The molecule has 0 radical (unpaired) electrons. The third-order valence-electron chi connectivity index (χ3n) is 2.65. The van der Waals surface area contributed by atoms with Crippen LogP contribution < -0.4 is 4.90 Å². The van der Waals surface area contributed by atoms with Crippen molar-refractivity contribution in [3.63, 3.8) is 0 Å². The van der Waals surface area contributed by atoms with Crippen molar-refractivity contribution in [3.05, 3.63) is 29.6 Å². The number of benzene rings is 1. The van der Waals surface area contributed by atoms with E-state index in [1.165, 1.54) is 6.07 Å². The van der Waals surface area contributed by atoms with Crippen LogP contribution in [-0.4, -0.2) is 19.4 Å². The molecule has 0 atom stereocenters. The van der Waals surface area contributed by atoms with Crippen molar-refractivity contribution < 1.29 is 9.18 Å². The van der Waals surface area contributed by atoms with Crippen molar-refractivity contribution in [1.82, 2.24) is 0 Å². The summed E-state index contributed by atoms with van der Waals surface area (Å²) < 4.78 is 13.4. The van der Waals surface area contributed by atoms with Crippen molar-refractivity contribution in [3.8, 4) is 0 Å². The van der Waals surface area contributed by atoms with Crippen molar-refractivity contribution in [2.45, 2.75) is 26.7 Å². The maximum absolute atomic E-state index is 13.4. The zero-order chi connectivity index (χ0) is 12.0. The van der Waals surface area contributed by atoms with Gasteiger partial charge in [0.25, 0.3) is 0 Å². The van der Waals surface area contributed by atoms with E-state index in [0.717, 1.165) is 25.9 Å². The highest BCUT2D eigenvalue weighted by Crippen LogP contribution is 2.21. The molecule has 88 valence electrons. The molecule has 1 aromatic carbocycles. The van der Waals surface area contributed by atoms with Gasteiger partial charge in [0.05, 0.1) is 11.3 Å². The minimum absolute atomic E-state index is 0.167. The zero-order valence-electron chi connectivity index (χ0n) is 9.87. The summed E-state index contributed by atoms with van der Waals surface area (Å²) in [5.74, 6) is -0.442. The maximum atomic E-state index is 13.4. The van der Waals surface area contributed by atoms with Crippen LogP contribution >= 0.6 is 0 Å². The Morgan fingerprint density at radius 3 is 2.69 bits per heavy atom. The van der Waals surface area contributed by atoms with E-state index in [1.807, 2.05) is 11.8 Å². The second-order valence-corrected chi connectivity index (χ2v) is 3.72. The molecule has 0 amide bonds. The first kappa shape index (κ1) is 12.7. The highest BCUT2D eigenvalue weighted by Gasteiger charge is 2.12. The van der Waals surface area contributed by atoms with Gasteiger partial charge in [0.15, 0.2) is 6.29 Å². The number of halogens is 1. The number of nitrogens with zero attached hydrogens (tertiary/aromatic N) is 1. The maximum Gasteiger partial charge on any atom is 0.155 e. The Bertz CT molecular complexity index is 352. The molecule has 0 saturated heterocycles. The van der Waals surface area contributed by atoms with Crippen LogP contribution in [-0.2, 0) is 0 Å². The van der Waals surface area contributed by atoms with Crippen LogP contribution in [0.4, 0.5) is 10.1 Å². The van der Waals surface area contributed by atoms with E-state index >= 15 is 0 Å². The summed E-state index contributed by atoms with van der Waals surface area (Å²) in [5, 5.41) is 0. The lowest BCUT2D eigenvalue weighted by Gasteiger charge is -2.24. The standard InChI is InChI=1S/C13H18FNO/c1-3-5-9-15(4-2)13-8-6-7-12(14)11(13)10-16/h6-8,10H,3-5,9H2,1-2H3. The van der Waals surface area contributed by atoms with Gasteiger partial charge in [-0.15, -0.1) is 0 Å². The average molecular weight is 223 g/mol. The molecule has 0 saturated carbocycles. The third kappa shape index (κ3) is 2.81. The van der Waals surface area contributed by atoms with Gasteiger partial charge in [-0.1, -0.05) is 19.4 Å². The molecule has 0 heterocycles. The second-order valence-electron chi connectivity index (χ2n) is 3.72. The van der Waals surface area contributed by atoms with E-state index in [9.17, 15) is 9.18 Å². The summed E-state index contributed by atoms with van der Waals surface area (Å²) in [7, 11) is 0. The SMILES string of the molecule is CCCCN(CC)c1cccc(F)c1C=O. The highest BCUT2D eigenvalue weighted by atomic mass is 19.1. The summed E-state index contributed by atoms with van der Waals surface area (Å²) in [6.45, 7) is 5.76. The monoisotopic (exact) mass is 223 g/mol. The topological polar surface area (TPSA) is 20.3 Å². The Balaban J connectivity index is 2.99. The number of hydrogen-bond acceptors (Lipinski definition) is 2. The first-order chi connectivity index (χ1) is 7.74. The van der Waals surface area contributed by atoms with Crippen molar-refractivity contribution in [2.75, 3.05) is 18.0 Å². The van der Waals surface area contributed by atoms with Gasteiger partial charge in [0, 0.05) is 13.1 Å². The smallest absolute Gasteiger partial charge is 0.155 e. The summed E-state index contributed by atoms with van der Waals surface area (Å²) >= 11 is 0. The Morgan fingerprint density at radius 2 is 2.12 bits per heavy atom. The fraction of sp³-hybridized carbons (Fsp3) is 0.462. The number of anilines is 1. The molecule has 1 rings (SSSR count). The molecule has 0 aromatic heterocycles. The molecule has 2 nitrogen and oxygen atoms in total. The number of hydrogen-bond donors (Lipinski definition) is 0. The van der Waals surface area contributed by atoms with E-state index in [2.05, 4.69) is 6.92 Å². The van der Waals surface area contributed by atoms with Crippen LogP contribution in [0.1, 0.15) is 37.0 Å². The lowest BCUT2D eigenvalue weighted by atomic mass is 10.1. The van der Waals surface area contributed by atoms with E-state index in [0.29, 0.717) is 12.0 Å². The second kappa shape index (κ2) is 6.26. The van der Waals surface area contributed by atoms with Crippen LogP contribution in [0.5, 0.6) is 0 Å². The third-order valence-corrected chi connectivity index (χ3v) is 2.65. The number of unbranched alkanes of at least 4 members (excludes halogenated alkanes) is 1. The predicted molar refractivity (Wildman–Crippen MR) is 64.6 cm³/mol. The molecule has 0 bridgehead atoms. The van der Waals surface area contributed by atoms with Gasteiger partial charge >= 0.3 is 0 Å². The summed E-state index contributed by atoms with van der Waals surface area (Å²) in [4.78, 5) is 12.9. The zero-order valence-corrected chi connectivity index (χ0v) is 9.87. The van der Waals surface area contributed by atoms with Crippen molar-refractivity contribution in [2.24, 2.45) is 0 Å². The van der Waals surface area contributed by atoms with E-state index < -0.39 is 5.82 Å². The first-order valence-electron chi connectivity index (χ1n) is 5.73. The molecule has 0 unspecified atom stereocenters. The van der Waals surface area contributed by atoms with Crippen LogP contribution in [0, 0.1) is 5.82 Å². The first-order valence-corrected chi connectivity index (χ1v) is 5.73. The van der Waals surface area contributed by atoms with E-state index in [4.69, 9.17) is 0 Å². The molecule has 0 spiro atoms. The van der Waals surface area contributed by atoms with Gasteiger partial charge in [-0.2, -0.15) is 0 Å². The Labute approximate surface area is 96.1 Å². The molecule has 0 N–H and O–H groups in total. The Hall–Kier alpha value is -1.38. The summed E-state index contributed by atoms with van der Waals surface area (Å²) in [6, 6.07) is 4.76. The van der Waals surface area contributed by atoms with Crippen molar-refractivity contribution in [1.29, 1.82) is 0 Å². The normalized spacial score (nSPS) is 10.2. The van der Waals surface area contributed by atoms with Crippen LogP contribution in [0.15, 0.2) is 18.2 Å². The van der Waals surface area contributed by atoms with Gasteiger partial charge in [0.1, 0.15) is 5.82 Å². The lowest BCUT2D eigenvalue weighted by molar-refractivity contribution is 0.112. The number of carbonyl (C=O) groups excluding carboxylic acids is 1. The molecular formula is C13H18FNO. The summed E-state index contributed by atoms with van der Waals surface area (Å²) in [5.41, 5.74) is 0.867. The van der Waals surface area contributed by atoms with Gasteiger partial charge in [-0.3, -0.25) is 4.79 Å². The minimum Gasteiger partial charge on any atom is -0.371 e. The fourth-order valence-electron chi connectivity index (χ4n) is 1.72. The molecular weight excluding hydrogens is 205 g/mol. The van der Waals surface area contributed by atoms with Gasteiger partial charge in [-0.05, 0) is 25.5 Å². The molecule has 0 fully saturated rings. The molecule has 0 aliphatic carbocycles. The summed E-state index contributed by atoms with van der Waals surface area (Å²) in [6.07, 6.45) is 2.73. The molecule has 1 aromatic rings. The Morgan fingerprint density at radius 1 is 1.38 bits per heavy atom. The van der Waals surface area contributed by atoms with Crippen molar-refractivity contribution >= 4 is 12.0 Å². The van der Waals surface area contributed by atoms with Gasteiger partial charge in [0.2, 0.25) is 0 Å². The largest absolute Gasteiger partial charge is 0.371 e. The van der Waals surface area contributed by atoms with Gasteiger partial charge in [-0.25, -0.2) is 4.39 Å². The molecule has 16 heavy (non-hydrogen) atoms. The molecule has 0 aliphatic heterocycles. The number of rotatable bonds is 6. The van der Waals surface area contributed by atoms with E-state index in [-0.39, 0.29) is 5.56 Å². The molecule has 0 aliphatic rings. The van der Waals surface area contributed by atoms with Crippen LogP contribution in [0.2, 0.25) is 0 Å². The minimum atomic E-state index is -0.442. The Kier molecular flexibility index (Phi) is 4.96. The van der Waals surface area contributed by atoms with Gasteiger partial charge < -0.3 is 4.90 Å². The quantitative estimate of drug-likeness (QED) is 0.690. The average Bonchev–Trinajstić information content (AvgIpc) is 2.30. The highest BCUT2D eigenvalue weighted by molar-refractivity contribution is 5.84. The van der Waals surface area contributed by atoms with E-state index in [1.54, 1.807) is 12.1 Å². The predicted octanol–water partition coefficient (Wildman–Crippen LogP) is 3.26. The number of carbonyl (C=O) groups is 1. The van der Waals surface area contributed by atoms with Crippen LogP contribution in [0.25, 0.3) is 0 Å². The fourth-order valence-corrected chi connectivity index (χ4v) is 1.72. The number of aldehydes is 1. The van der Waals surface area contributed by atoms with Crippen LogP contribution in [0.3, 0.4) is 0 Å². The lowest BCUT2D eigenvalue weighted by Crippen LogP contribution is -2.25. The molecule has 3 heteroatoms.